The fourth-order valence-electron chi connectivity index (χ4n) is 2.18. The van der Waals surface area contributed by atoms with Crippen LogP contribution in [0.25, 0.3) is 0 Å². The summed E-state index contributed by atoms with van der Waals surface area (Å²) in [6.07, 6.45) is 0.0404. The van der Waals surface area contributed by atoms with Crippen LogP contribution < -0.4 is 20.5 Å². The van der Waals surface area contributed by atoms with Gasteiger partial charge in [-0.3, -0.25) is 0 Å². The highest BCUT2D eigenvalue weighted by Crippen LogP contribution is 2.30. The molecule has 3 N–H and O–H groups in total. The van der Waals surface area contributed by atoms with Crippen LogP contribution >= 0.6 is 0 Å². The van der Waals surface area contributed by atoms with Gasteiger partial charge in [-0.15, -0.1) is 0 Å². The molecule has 1 atom stereocenters. The zero-order valence-electron chi connectivity index (χ0n) is 11.2. The van der Waals surface area contributed by atoms with E-state index in [0.29, 0.717) is 6.61 Å². The van der Waals surface area contributed by atoms with E-state index in [1.165, 1.54) is 5.56 Å². The fourth-order valence-corrected chi connectivity index (χ4v) is 2.18. The van der Waals surface area contributed by atoms with Crippen LogP contribution in [0.2, 0.25) is 0 Å². The predicted octanol–water partition coefficient (Wildman–Crippen LogP) is 2.20. The highest BCUT2D eigenvalue weighted by atomic mass is 16.6. The van der Waals surface area contributed by atoms with E-state index in [2.05, 4.69) is 5.32 Å². The van der Waals surface area contributed by atoms with Gasteiger partial charge in [0, 0.05) is 18.8 Å². The number of benzene rings is 2. The molecule has 1 aliphatic heterocycles. The first kappa shape index (κ1) is 12.8. The molecule has 0 fully saturated rings. The van der Waals surface area contributed by atoms with Crippen LogP contribution in [0.15, 0.2) is 48.5 Å². The third-order valence-electron chi connectivity index (χ3n) is 3.25. The van der Waals surface area contributed by atoms with E-state index in [-0.39, 0.29) is 6.10 Å². The van der Waals surface area contributed by atoms with Crippen LogP contribution in [-0.2, 0) is 6.54 Å². The summed E-state index contributed by atoms with van der Waals surface area (Å²) in [6.45, 7) is 2.12. The molecule has 20 heavy (non-hydrogen) atoms. The van der Waals surface area contributed by atoms with Gasteiger partial charge in [-0.2, -0.15) is 0 Å². The van der Waals surface area contributed by atoms with E-state index in [1.54, 1.807) is 0 Å². The normalized spacial score (nSPS) is 16.9. The van der Waals surface area contributed by atoms with Gasteiger partial charge in [0.15, 0.2) is 11.5 Å². The Kier molecular flexibility index (Phi) is 3.74. The Morgan fingerprint density at radius 3 is 2.60 bits per heavy atom. The Labute approximate surface area is 118 Å². The van der Waals surface area contributed by atoms with E-state index in [1.807, 2.05) is 48.5 Å². The fraction of sp³-hybridized carbons (Fsp3) is 0.250. The number of para-hydroxylation sites is 2. The van der Waals surface area contributed by atoms with Gasteiger partial charge in [0.2, 0.25) is 0 Å². The zero-order valence-corrected chi connectivity index (χ0v) is 11.2. The number of nitrogens with two attached hydrogens (primary N) is 1. The van der Waals surface area contributed by atoms with Crippen molar-refractivity contribution in [1.82, 2.24) is 5.32 Å². The Morgan fingerprint density at radius 2 is 1.80 bits per heavy atom. The van der Waals surface area contributed by atoms with E-state index >= 15 is 0 Å². The molecule has 0 aromatic heterocycles. The maximum atomic E-state index is 5.88. The van der Waals surface area contributed by atoms with Crippen molar-refractivity contribution in [2.45, 2.75) is 12.6 Å². The number of hydrogen-bond acceptors (Lipinski definition) is 4. The van der Waals surface area contributed by atoms with Gasteiger partial charge in [-0.05, 0) is 29.8 Å². The predicted molar refractivity (Wildman–Crippen MR) is 78.9 cm³/mol. The average molecular weight is 270 g/mol. The number of anilines is 1. The van der Waals surface area contributed by atoms with Crippen molar-refractivity contribution < 1.29 is 9.47 Å². The van der Waals surface area contributed by atoms with Crippen molar-refractivity contribution in [2.75, 3.05) is 18.9 Å². The molecule has 0 spiro atoms. The van der Waals surface area contributed by atoms with Crippen molar-refractivity contribution in [1.29, 1.82) is 0 Å². The summed E-state index contributed by atoms with van der Waals surface area (Å²) in [6, 6.07) is 15.6. The standard InChI is InChI=1S/C16H18N2O2/c17-13-7-5-12(6-8-13)9-18-10-14-11-19-15-3-1-2-4-16(15)20-14/h1-8,14,18H,9-11,17H2. The van der Waals surface area contributed by atoms with Crippen molar-refractivity contribution in [3.63, 3.8) is 0 Å². The lowest BCUT2D eigenvalue weighted by Crippen LogP contribution is -2.38. The number of hydrogen-bond donors (Lipinski definition) is 2. The minimum atomic E-state index is 0.0404. The van der Waals surface area contributed by atoms with Crippen LogP contribution in [-0.4, -0.2) is 19.3 Å². The van der Waals surface area contributed by atoms with Crippen molar-refractivity contribution in [3.8, 4) is 11.5 Å². The lowest BCUT2D eigenvalue weighted by atomic mass is 10.2. The van der Waals surface area contributed by atoms with Gasteiger partial charge >= 0.3 is 0 Å². The van der Waals surface area contributed by atoms with Crippen LogP contribution in [0.5, 0.6) is 11.5 Å². The maximum absolute atomic E-state index is 5.88. The highest BCUT2D eigenvalue weighted by Gasteiger charge is 2.19. The summed E-state index contributed by atoms with van der Waals surface area (Å²) in [4.78, 5) is 0. The molecular weight excluding hydrogens is 252 g/mol. The Morgan fingerprint density at radius 1 is 1.05 bits per heavy atom. The molecule has 0 radical (unpaired) electrons. The Hall–Kier alpha value is -2.20. The molecule has 2 aromatic carbocycles. The molecule has 1 unspecified atom stereocenters. The molecule has 0 saturated carbocycles. The molecule has 104 valence electrons. The van der Waals surface area contributed by atoms with E-state index in [4.69, 9.17) is 15.2 Å². The molecule has 4 nitrogen and oxygen atoms in total. The van der Waals surface area contributed by atoms with E-state index < -0.39 is 0 Å². The molecular formula is C16H18N2O2. The molecule has 0 bridgehead atoms. The third kappa shape index (κ3) is 3.03. The molecule has 1 aliphatic rings. The average Bonchev–Trinajstić information content (AvgIpc) is 2.49. The van der Waals surface area contributed by atoms with Gasteiger partial charge < -0.3 is 20.5 Å². The van der Waals surface area contributed by atoms with Gasteiger partial charge in [0.25, 0.3) is 0 Å². The number of nitrogen functional groups attached to an aromatic ring is 1. The van der Waals surface area contributed by atoms with Crippen molar-refractivity contribution >= 4 is 5.69 Å². The first-order valence-electron chi connectivity index (χ1n) is 6.75. The van der Waals surface area contributed by atoms with Gasteiger partial charge in [0.05, 0.1) is 0 Å². The van der Waals surface area contributed by atoms with Crippen LogP contribution in [0.1, 0.15) is 5.56 Å². The minimum absolute atomic E-state index is 0.0404. The number of nitrogens with one attached hydrogen (secondary N) is 1. The van der Waals surface area contributed by atoms with Crippen LogP contribution in [0.4, 0.5) is 5.69 Å². The molecule has 0 amide bonds. The minimum Gasteiger partial charge on any atom is -0.486 e. The lowest BCUT2D eigenvalue weighted by Gasteiger charge is -2.26. The number of ether oxygens (including phenoxy) is 2. The SMILES string of the molecule is Nc1ccc(CNCC2COc3ccccc3O2)cc1. The second-order valence-electron chi connectivity index (χ2n) is 4.87. The highest BCUT2D eigenvalue weighted by molar-refractivity contribution is 5.41. The quantitative estimate of drug-likeness (QED) is 0.836. The summed E-state index contributed by atoms with van der Waals surface area (Å²) in [5.41, 5.74) is 7.65. The monoisotopic (exact) mass is 270 g/mol. The molecule has 0 aliphatic carbocycles. The maximum Gasteiger partial charge on any atom is 0.161 e. The molecule has 1 heterocycles. The largest absolute Gasteiger partial charge is 0.486 e. The van der Waals surface area contributed by atoms with Crippen molar-refractivity contribution in [2.24, 2.45) is 0 Å². The number of fused-ring (bicyclic) bond motifs is 1. The number of rotatable bonds is 4. The summed E-state index contributed by atoms with van der Waals surface area (Å²) in [5.74, 6) is 1.64. The Balaban J connectivity index is 1.49. The second kappa shape index (κ2) is 5.84. The first-order chi connectivity index (χ1) is 9.81. The molecule has 0 saturated heterocycles. The summed E-state index contributed by atoms with van der Waals surface area (Å²) < 4.78 is 11.6. The molecule has 3 rings (SSSR count). The van der Waals surface area contributed by atoms with Gasteiger partial charge in [-0.25, -0.2) is 0 Å². The lowest BCUT2D eigenvalue weighted by molar-refractivity contribution is 0.0902. The smallest absolute Gasteiger partial charge is 0.161 e. The van der Waals surface area contributed by atoms with Gasteiger partial charge in [-0.1, -0.05) is 24.3 Å². The Bertz CT molecular complexity index is 569. The third-order valence-corrected chi connectivity index (χ3v) is 3.25. The summed E-state index contributed by atoms with van der Waals surface area (Å²) in [5, 5.41) is 3.38. The van der Waals surface area contributed by atoms with Gasteiger partial charge in [0.1, 0.15) is 12.7 Å². The first-order valence-corrected chi connectivity index (χ1v) is 6.75. The van der Waals surface area contributed by atoms with Crippen molar-refractivity contribution in [3.05, 3.63) is 54.1 Å². The topological polar surface area (TPSA) is 56.5 Å². The van der Waals surface area contributed by atoms with E-state index in [0.717, 1.165) is 30.3 Å². The zero-order chi connectivity index (χ0) is 13.8. The molecule has 4 heteroatoms. The second-order valence-corrected chi connectivity index (χ2v) is 4.87. The molecule has 2 aromatic rings. The van der Waals surface area contributed by atoms with E-state index in [9.17, 15) is 0 Å². The van der Waals surface area contributed by atoms with Crippen LogP contribution in [0.3, 0.4) is 0 Å². The summed E-state index contributed by atoms with van der Waals surface area (Å²) in [7, 11) is 0. The summed E-state index contributed by atoms with van der Waals surface area (Å²) >= 11 is 0. The van der Waals surface area contributed by atoms with Crippen LogP contribution in [0, 0.1) is 0 Å².